The van der Waals surface area contributed by atoms with Crippen molar-refractivity contribution in [1.29, 1.82) is 0 Å². The van der Waals surface area contributed by atoms with Gasteiger partial charge >= 0.3 is 0 Å². The minimum absolute atomic E-state index is 0.443. The number of rotatable bonds is 4. The monoisotopic (exact) mass is 294 g/mol. The van der Waals surface area contributed by atoms with Gasteiger partial charge in [0.05, 0.1) is 4.90 Å². The van der Waals surface area contributed by atoms with Crippen molar-refractivity contribution in [2.75, 3.05) is 20.1 Å². The van der Waals surface area contributed by atoms with Crippen LogP contribution >= 0.6 is 0 Å². The van der Waals surface area contributed by atoms with Crippen LogP contribution in [0.5, 0.6) is 0 Å². The maximum atomic E-state index is 12.8. The summed E-state index contributed by atoms with van der Waals surface area (Å²) >= 11 is 0. The molecule has 1 aliphatic heterocycles. The highest BCUT2D eigenvalue weighted by molar-refractivity contribution is 7.89. The van der Waals surface area contributed by atoms with Gasteiger partial charge in [-0.1, -0.05) is 18.2 Å². The van der Waals surface area contributed by atoms with Crippen LogP contribution < -0.4 is 5.32 Å². The molecule has 0 fully saturated rings. The molecule has 0 atom stereocenters. The van der Waals surface area contributed by atoms with Gasteiger partial charge in [0.15, 0.2) is 0 Å². The molecule has 0 aliphatic carbocycles. The summed E-state index contributed by atoms with van der Waals surface area (Å²) < 4.78 is 27.1. The van der Waals surface area contributed by atoms with Crippen LogP contribution in [0.1, 0.15) is 23.1 Å². The Morgan fingerprint density at radius 1 is 1.25 bits per heavy atom. The highest BCUT2D eigenvalue weighted by Crippen LogP contribution is 2.25. The Kier molecular flexibility index (Phi) is 4.62. The molecule has 0 saturated carbocycles. The average molecular weight is 294 g/mol. The van der Waals surface area contributed by atoms with Crippen molar-refractivity contribution in [3.63, 3.8) is 0 Å². The Labute approximate surface area is 121 Å². The molecule has 0 amide bonds. The number of aryl methyl sites for hydroxylation is 1. The standard InChI is InChI=1S/C15H22N2O2S/c1-12-9-14(11-16-3)10-15(13(12)2)20(18,19)17-7-5-4-6-8-17/h4-5,9-10,16H,6-8,11H2,1-3H3. The predicted molar refractivity (Wildman–Crippen MR) is 81.2 cm³/mol. The van der Waals surface area contributed by atoms with Crippen LogP contribution in [0.15, 0.2) is 29.2 Å². The van der Waals surface area contributed by atoms with Crippen molar-refractivity contribution >= 4 is 10.0 Å². The van der Waals surface area contributed by atoms with E-state index in [2.05, 4.69) is 5.32 Å². The van der Waals surface area contributed by atoms with E-state index >= 15 is 0 Å². The zero-order valence-electron chi connectivity index (χ0n) is 12.3. The van der Waals surface area contributed by atoms with Crippen molar-refractivity contribution in [2.45, 2.75) is 31.7 Å². The molecular formula is C15H22N2O2S. The Bertz CT molecular complexity index is 621. The summed E-state index contributed by atoms with van der Waals surface area (Å²) in [5, 5.41) is 3.07. The smallest absolute Gasteiger partial charge is 0.243 e. The maximum absolute atomic E-state index is 12.8. The van der Waals surface area contributed by atoms with Crippen LogP contribution in [0.2, 0.25) is 0 Å². The van der Waals surface area contributed by atoms with E-state index in [1.54, 1.807) is 10.4 Å². The quantitative estimate of drug-likeness (QED) is 0.864. The van der Waals surface area contributed by atoms with Gasteiger partial charge in [-0.25, -0.2) is 8.42 Å². The second-order valence-electron chi connectivity index (χ2n) is 5.19. The van der Waals surface area contributed by atoms with Gasteiger partial charge in [-0.3, -0.25) is 0 Å². The van der Waals surface area contributed by atoms with Crippen LogP contribution in [-0.4, -0.2) is 32.9 Å². The zero-order valence-corrected chi connectivity index (χ0v) is 13.1. The van der Waals surface area contributed by atoms with Gasteiger partial charge in [-0.2, -0.15) is 4.31 Å². The molecule has 1 aromatic carbocycles. The molecule has 110 valence electrons. The van der Waals surface area contributed by atoms with E-state index in [4.69, 9.17) is 0 Å². The third kappa shape index (κ3) is 2.95. The fraction of sp³-hybridized carbons (Fsp3) is 0.467. The summed E-state index contributed by atoms with van der Waals surface area (Å²) in [6, 6.07) is 3.84. The summed E-state index contributed by atoms with van der Waals surface area (Å²) in [4.78, 5) is 0.443. The molecule has 1 heterocycles. The van der Waals surface area contributed by atoms with Crippen molar-refractivity contribution in [3.05, 3.63) is 41.0 Å². The molecule has 4 nitrogen and oxygen atoms in total. The molecule has 1 aliphatic rings. The van der Waals surface area contributed by atoms with E-state index < -0.39 is 10.0 Å². The number of nitrogens with zero attached hydrogens (tertiary/aromatic N) is 1. The largest absolute Gasteiger partial charge is 0.316 e. The molecule has 0 saturated heterocycles. The van der Waals surface area contributed by atoms with Crippen molar-refractivity contribution in [1.82, 2.24) is 9.62 Å². The lowest BCUT2D eigenvalue weighted by atomic mass is 10.1. The first kappa shape index (κ1) is 15.2. The lowest BCUT2D eigenvalue weighted by Crippen LogP contribution is -2.34. The van der Waals surface area contributed by atoms with Crippen LogP contribution in [-0.2, 0) is 16.6 Å². The molecule has 0 unspecified atom stereocenters. The third-order valence-electron chi connectivity index (χ3n) is 3.70. The van der Waals surface area contributed by atoms with E-state index in [1.807, 2.05) is 39.1 Å². The van der Waals surface area contributed by atoms with E-state index in [1.165, 1.54) is 0 Å². The van der Waals surface area contributed by atoms with Crippen LogP contribution in [0, 0.1) is 13.8 Å². The van der Waals surface area contributed by atoms with Gasteiger partial charge in [0.1, 0.15) is 0 Å². The molecule has 0 radical (unpaired) electrons. The van der Waals surface area contributed by atoms with Crippen molar-refractivity contribution in [3.8, 4) is 0 Å². The van der Waals surface area contributed by atoms with E-state index in [0.29, 0.717) is 24.5 Å². The number of sulfonamides is 1. The zero-order chi connectivity index (χ0) is 14.8. The lowest BCUT2D eigenvalue weighted by Gasteiger charge is -2.24. The fourth-order valence-electron chi connectivity index (χ4n) is 2.45. The minimum Gasteiger partial charge on any atom is -0.316 e. The van der Waals surface area contributed by atoms with E-state index in [9.17, 15) is 8.42 Å². The topological polar surface area (TPSA) is 49.4 Å². The Morgan fingerprint density at radius 2 is 2.00 bits per heavy atom. The minimum atomic E-state index is -3.40. The summed E-state index contributed by atoms with van der Waals surface area (Å²) in [5.41, 5.74) is 2.87. The van der Waals surface area contributed by atoms with Crippen LogP contribution in [0.4, 0.5) is 0 Å². The number of hydrogen-bond acceptors (Lipinski definition) is 3. The summed E-state index contributed by atoms with van der Waals surface area (Å²) in [6.07, 6.45) is 4.73. The number of benzene rings is 1. The summed E-state index contributed by atoms with van der Waals surface area (Å²) in [7, 11) is -1.54. The predicted octanol–water partition coefficient (Wildman–Crippen LogP) is 1.97. The van der Waals surface area contributed by atoms with Gasteiger partial charge in [0, 0.05) is 19.6 Å². The highest BCUT2D eigenvalue weighted by Gasteiger charge is 2.26. The normalized spacial score (nSPS) is 16.6. The Hall–Kier alpha value is -1.17. The SMILES string of the molecule is CNCc1cc(C)c(C)c(S(=O)(=O)N2CC=CCC2)c1. The van der Waals surface area contributed by atoms with Gasteiger partial charge in [0.2, 0.25) is 10.0 Å². The molecule has 1 aromatic rings. The first-order chi connectivity index (χ1) is 9.46. The summed E-state index contributed by atoms with van der Waals surface area (Å²) in [6.45, 7) is 5.54. The molecule has 1 N–H and O–H groups in total. The molecule has 0 aromatic heterocycles. The Morgan fingerprint density at radius 3 is 2.60 bits per heavy atom. The summed E-state index contributed by atoms with van der Waals surface area (Å²) in [5.74, 6) is 0. The highest BCUT2D eigenvalue weighted by atomic mass is 32.2. The third-order valence-corrected chi connectivity index (χ3v) is 5.69. The second kappa shape index (κ2) is 6.08. The van der Waals surface area contributed by atoms with Gasteiger partial charge in [-0.15, -0.1) is 0 Å². The fourth-order valence-corrected chi connectivity index (χ4v) is 4.20. The molecule has 0 spiro atoms. The van der Waals surface area contributed by atoms with Crippen LogP contribution in [0.3, 0.4) is 0 Å². The lowest BCUT2D eigenvalue weighted by molar-refractivity contribution is 0.437. The number of hydrogen-bond donors (Lipinski definition) is 1. The molecule has 5 heteroatoms. The second-order valence-corrected chi connectivity index (χ2v) is 7.10. The number of nitrogens with one attached hydrogen (secondary N) is 1. The van der Waals surface area contributed by atoms with Crippen molar-refractivity contribution in [2.24, 2.45) is 0 Å². The van der Waals surface area contributed by atoms with E-state index in [-0.39, 0.29) is 0 Å². The van der Waals surface area contributed by atoms with Gasteiger partial charge in [0.25, 0.3) is 0 Å². The van der Waals surface area contributed by atoms with Gasteiger partial charge < -0.3 is 5.32 Å². The first-order valence-electron chi connectivity index (χ1n) is 6.86. The first-order valence-corrected chi connectivity index (χ1v) is 8.30. The molecular weight excluding hydrogens is 272 g/mol. The van der Waals surface area contributed by atoms with Crippen LogP contribution in [0.25, 0.3) is 0 Å². The Balaban J connectivity index is 2.47. The van der Waals surface area contributed by atoms with Gasteiger partial charge in [-0.05, 0) is 50.1 Å². The molecule has 2 rings (SSSR count). The van der Waals surface area contributed by atoms with E-state index in [0.717, 1.165) is 23.1 Å². The molecule has 0 bridgehead atoms. The maximum Gasteiger partial charge on any atom is 0.243 e. The average Bonchev–Trinajstić information content (AvgIpc) is 2.43. The molecule has 20 heavy (non-hydrogen) atoms. The van der Waals surface area contributed by atoms with Crippen molar-refractivity contribution < 1.29 is 8.42 Å².